The molecule has 3 heterocycles. The summed E-state index contributed by atoms with van der Waals surface area (Å²) in [4.78, 5) is 27.3. The molecule has 3 fully saturated rings. The summed E-state index contributed by atoms with van der Waals surface area (Å²) in [6, 6.07) is 4.31. The van der Waals surface area contributed by atoms with Crippen LogP contribution in [0.25, 0.3) is 11.1 Å². The Hall–Kier alpha value is -3.70. The van der Waals surface area contributed by atoms with Gasteiger partial charge >= 0.3 is 0 Å². The van der Waals surface area contributed by atoms with Crippen LogP contribution in [-0.2, 0) is 0 Å². The molecule has 2 aliphatic carbocycles. The summed E-state index contributed by atoms with van der Waals surface area (Å²) in [5, 5.41) is 2.69. The van der Waals surface area contributed by atoms with Crippen LogP contribution in [0.1, 0.15) is 54.1 Å². The molecule has 3 aliphatic rings. The van der Waals surface area contributed by atoms with Crippen molar-refractivity contribution in [3.05, 3.63) is 65.7 Å². The van der Waals surface area contributed by atoms with Gasteiger partial charge in [-0.15, -0.1) is 0 Å². The topological polar surface area (TPSA) is 71.0 Å². The lowest BCUT2D eigenvalue weighted by atomic mass is 9.83. The number of hydrogen-bond donors (Lipinski definition) is 1. The first-order chi connectivity index (χ1) is 18.6. The Labute approximate surface area is 219 Å². The first kappa shape index (κ1) is 25.6. The van der Waals surface area contributed by atoms with E-state index in [1.165, 1.54) is 29.6 Å². The second-order valence-electron chi connectivity index (χ2n) is 10.4. The van der Waals surface area contributed by atoms with Crippen molar-refractivity contribution < 1.29 is 31.1 Å². The molecule has 3 aromatic rings. The van der Waals surface area contributed by atoms with Crippen LogP contribution < -0.4 is 10.2 Å². The number of carbonyl (C=O) groups is 1. The molecule has 1 aliphatic heterocycles. The minimum Gasteiger partial charge on any atom is -0.329 e. The van der Waals surface area contributed by atoms with Crippen LogP contribution in [0.15, 0.2) is 42.9 Å². The van der Waals surface area contributed by atoms with Crippen molar-refractivity contribution in [3.8, 4) is 11.1 Å². The zero-order valence-corrected chi connectivity index (χ0v) is 20.5. The maximum atomic E-state index is 14.8. The first-order valence-corrected chi connectivity index (χ1v) is 12.6. The van der Waals surface area contributed by atoms with Crippen LogP contribution in [0.3, 0.4) is 0 Å². The molecule has 0 spiro atoms. The van der Waals surface area contributed by atoms with E-state index in [0.29, 0.717) is 13.0 Å². The van der Waals surface area contributed by atoms with Gasteiger partial charge in [0.15, 0.2) is 0 Å². The Morgan fingerprint density at radius 2 is 1.74 bits per heavy atom. The van der Waals surface area contributed by atoms with Crippen LogP contribution in [-0.4, -0.2) is 45.3 Å². The SMILES string of the molecule is O=C(Nc1c(-c2cc(F)ccc2F)ccnc1C1CCC(F)(F)CC1)c1cnc(N2CC3CC32C(F)F)nc1. The number of halogens is 6. The van der Waals surface area contributed by atoms with Gasteiger partial charge in [0.05, 0.1) is 16.9 Å². The van der Waals surface area contributed by atoms with E-state index in [0.717, 1.165) is 18.2 Å². The normalized spacial score (nSPS) is 23.8. The minimum absolute atomic E-state index is 0.00615. The molecule has 6 nitrogen and oxygen atoms in total. The highest BCUT2D eigenvalue weighted by atomic mass is 19.3. The molecular formula is C27H23F6N5O. The van der Waals surface area contributed by atoms with Gasteiger partial charge in [-0.05, 0) is 43.5 Å². The van der Waals surface area contributed by atoms with Gasteiger partial charge in [0, 0.05) is 60.9 Å². The maximum Gasteiger partial charge on any atom is 0.261 e. The third kappa shape index (κ3) is 4.39. The number of amides is 1. The molecule has 1 saturated heterocycles. The summed E-state index contributed by atoms with van der Waals surface area (Å²) in [6.45, 7) is 0.415. The Kier molecular flexibility index (Phi) is 6.03. The van der Waals surface area contributed by atoms with Crippen molar-refractivity contribution >= 4 is 17.5 Å². The fourth-order valence-corrected chi connectivity index (χ4v) is 5.74. The number of anilines is 2. The van der Waals surface area contributed by atoms with Crippen molar-refractivity contribution in [1.82, 2.24) is 15.0 Å². The van der Waals surface area contributed by atoms with Gasteiger partial charge in [0.1, 0.15) is 17.2 Å². The van der Waals surface area contributed by atoms with Crippen LogP contribution in [0.2, 0.25) is 0 Å². The number of alkyl halides is 4. The van der Waals surface area contributed by atoms with Gasteiger partial charge in [0.2, 0.25) is 11.9 Å². The second-order valence-corrected chi connectivity index (χ2v) is 10.4. The lowest BCUT2D eigenvalue weighted by Gasteiger charge is -2.40. The number of pyridine rings is 1. The largest absolute Gasteiger partial charge is 0.329 e. The van der Waals surface area contributed by atoms with Gasteiger partial charge in [0.25, 0.3) is 12.3 Å². The van der Waals surface area contributed by atoms with Crippen molar-refractivity contribution in [1.29, 1.82) is 0 Å². The highest BCUT2D eigenvalue weighted by Gasteiger charge is 2.73. The number of rotatable bonds is 6. The summed E-state index contributed by atoms with van der Waals surface area (Å²) < 4.78 is 83.5. The number of nitrogens with zero attached hydrogens (tertiary/aromatic N) is 4. The predicted octanol–water partition coefficient (Wildman–Crippen LogP) is 6.21. The summed E-state index contributed by atoms with van der Waals surface area (Å²) in [5.41, 5.74) is -0.860. The van der Waals surface area contributed by atoms with Gasteiger partial charge in [-0.1, -0.05) is 0 Å². The Balaban J connectivity index is 1.32. The molecule has 0 radical (unpaired) electrons. The maximum absolute atomic E-state index is 14.8. The van der Waals surface area contributed by atoms with Crippen molar-refractivity contribution in [2.24, 2.45) is 5.92 Å². The van der Waals surface area contributed by atoms with Crippen LogP contribution in [0.4, 0.5) is 38.0 Å². The van der Waals surface area contributed by atoms with E-state index in [1.807, 2.05) is 0 Å². The number of fused-ring (bicyclic) bond motifs is 1. The van der Waals surface area contributed by atoms with Crippen LogP contribution >= 0.6 is 0 Å². The Morgan fingerprint density at radius 3 is 2.38 bits per heavy atom. The fourth-order valence-electron chi connectivity index (χ4n) is 5.74. The average molecular weight is 548 g/mol. The predicted molar refractivity (Wildman–Crippen MR) is 130 cm³/mol. The summed E-state index contributed by atoms with van der Waals surface area (Å²) in [7, 11) is 0. The van der Waals surface area contributed by atoms with Crippen molar-refractivity contribution in [2.75, 3.05) is 16.8 Å². The molecule has 12 heteroatoms. The van der Waals surface area contributed by atoms with E-state index in [-0.39, 0.29) is 65.6 Å². The molecule has 2 atom stereocenters. The zero-order valence-electron chi connectivity index (χ0n) is 20.5. The lowest BCUT2D eigenvalue weighted by molar-refractivity contribution is -0.0384. The van der Waals surface area contributed by atoms with E-state index >= 15 is 0 Å². The van der Waals surface area contributed by atoms with E-state index in [1.54, 1.807) is 0 Å². The highest BCUT2D eigenvalue weighted by Crippen LogP contribution is 2.61. The van der Waals surface area contributed by atoms with Crippen molar-refractivity contribution in [3.63, 3.8) is 0 Å². The van der Waals surface area contributed by atoms with Gasteiger partial charge in [-0.3, -0.25) is 9.78 Å². The molecule has 2 unspecified atom stereocenters. The number of benzene rings is 1. The van der Waals surface area contributed by atoms with E-state index in [2.05, 4.69) is 20.3 Å². The van der Waals surface area contributed by atoms with E-state index in [9.17, 15) is 31.1 Å². The molecule has 1 N–H and O–H groups in total. The number of hydrogen-bond acceptors (Lipinski definition) is 5. The minimum atomic E-state index is -2.80. The standard InChI is InChI=1S/C27H23F6N5O/c28-17-1-2-20(29)19(9-17)18-5-8-34-21(14-3-6-26(32,33)7-4-14)22(18)37-23(39)15-11-35-25(36-12-15)38-13-16-10-27(16,38)24(30)31/h1-2,5,8-9,11-12,14,16,24H,3-4,6-7,10,13H2,(H,37,39). The Bertz CT molecular complexity index is 1420. The van der Waals surface area contributed by atoms with Crippen LogP contribution in [0, 0.1) is 17.6 Å². The molecular weight excluding hydrogens is 524 g/mol. The quantitative estimate of drug-likeness (QED) is 0.372. The molecule has 2 saturated carbocycles. The third-order valence-corrected chi connectivity index (χ3v) is 8.09. The molecule has 204 valence electrons. The zero-order chi connectivity index (χ0) is 27.5. The highest BCUT2D eigenvalue weighted by molar-refractivity contribution is 6.06. The molecule has 2 aromatic heterocycles. The summed E-state index contributed by atoms with van der Waals surface area (Å²) >= 11 is 0. The van der Waals surface area contributed by atoms with Gasteiger partial charge < -0.3 is 10.2 Å². The van der Waals surface area contributed by atoms with Gasteiger partial charge in [-0.2, -0.15) is 0 Å². The Morgan fingerprint density at radius 1 is 1.03 bits per heavy atom. The molecule has 6 rings (SSSR count). The fraction of sp³-hybridized carbons (Fsp3) is 0.407. The van der Waals surface area contributed by atoms with E-state index < -0.39 is 41.3 Å². The summed E-state index contributed by atoms with van der Waals surface area (Å²) in [5.74, 6) is -5.39. The monoisotopic (exact) mass is 547 g/mol. The summed E-state index contributed by atoms with van der Waals surface area (Å²) in [6.07, 6.45) is 1.07. The van der Waals surface area contributed by atoms with Crippen LogP contribution in [0.5, 0.6) is 0 Å². The first-order valence-electron chi connectivity index (χ1n) is 12.6. The van der Waals surface area contributed by atoms with Gasteiger partial charge in [-0.25, -0.2) is 36.3 Å². The van der Waals surface area contributed by atoms with E-state index in [4.69, 9.17) is 0 Å². The molecule has 0 bridgehead atoms. The average Bonchev–Trinajstić information content (AvgIpc) is 3.50. The molecule has 39 heavy (non-hydrogen) atoms. The second kappa shape index (κ2) is 9.20. The third-order valence-electron chi connectivity index (χ3n) is 8.09. The number of aromatic nitrogens is 3. The smallest absolute Gasteiger partial charge is 0.261 e. The van der Waals surface area contributed by atoms with Crippen molar-refractivity contribution in [2.45, 2.75) is 55.9 Å². The molecule has 1 amide bonds. The molecule has 1 aromatic carbocycles. The number of nitrogens with one attached hydrogen (secondary N) is 1. The number of carbonyl (C=O) groups excluding carboxylic acids is 1. The lowest BCUT2D eigenvalue weighted by Crippen LogP contribution is -2.55.